The van der Waals surface area contributed by atoms with Gasteiger partial charge in [-0.15, -0.1) is 11.3 Å². The van der Waals surface area contributed by atoms with Gasteiger partial charge in [-0.1, -0.05) is 6.07 Å². The number of nitrogens with zero attached hydrogens (tertiary/aromatic N) is 5. The van der Waals surface area contributed by atoms with Crippen molar-refractivity contribution in [2.24, 2.45) is 0 Å². The molecule has 3 aliphatic rings. The molecule has 39 heavy (non-hydrogen) atoms. The first-order valence-electron chi connectivity index (χ1n) is 13.1. The summed E-state index contributed by atoms with van der Waals surface area (Å²) in [5, 5.41) is 2.32. The molecule has 2 saturated heterocycles. The van der Waals surface area contributed by atoms with Crippen molar-refractivity contribution >= 4 is 34.5 Å². The van der Waals surface area contributed by atoms with Gasteiger partial charge in [0.15, 0.2) is 5.01 Å². The van der Waals surface area contributed by atoms with E-state index < -0.39 is 11.7 Å². The number of likely N-dealkylation sites (tertiary alicyclic amines) is 1. The topological polar surface area (TPSA) is 60.0 Å². The fourth-order valence-electron chi connectivity index (χ4n) is 5.64. The highest BCUT2D eigenvalue weighted by Gasteiger charge is 2.37. The molecule has 0 unspecified atom stereocenters. The zero-order valence-corrected chi connectivity index (χ0v) is 22.0. The van der Waals surface area contributed by atoms with Gasteiger partial charge in [-0.25, -0.2) is 4.98 Å². The molecule has 0 atom stereocenters. The zero-order valence-electron chi connectivity index (χ0n) is 21.2. The molecule has 3 aliphatic heterocycles. The molecule has 4 heterocycles. The number of aryl methyl sites for hydroxylation is 1. The van der Waals surface area contributed by atoms with Crippen molar-refractivity contribution in [3.63, 3.8) is 0 Å². The van der Waals surface area contributed by atoms with E-state index in [1.54, 1.807) is 23.7 Å². The van der Waals surface area contributed by atoms with Crippen LogP contribution in [0, 0.1) is 0 Å². The Bertz CT molecular complexity index is 1370. The molecular formula is C28H28F3N5O2S. The minimum absolute atomic E-state index is 0.0194. The van der Waals surface area contributed by atoms with Crippen LogP contribution in [0.15, 0.2) is 54.0 Å². The summed E-state index contributed by atoms with van der Waals surface area (Å²) >= 11 is 1.35. The number of carbonyl (C=O) groups is 2. The first kappa shape index (κ1) is 25.8. The number of halogens is 3. The van der Waals surface area contributed by atoms with E-state index >= 15 is 0 Å². The Morgan fingerprint density at radius 1 is 0.923 bits per heavy atom. The molecule has 2 aromatic carbocycles. The average Bonchev–Trinajstić information content (AvgIpc) is 3.46. The molecule has 0 aliphatic carbocycles. The van der Waals surface area contributed by atoms with E-state index in [0.29, 0.717) is 49.0 Å². The molecule has 2 amide bonds. The zero-order chi connectivity index (χ0) is 27.1. The highest BCUT2D eigenvalue weighted by molar-refractivity contribution is 7.11. The number of anilines is 2. The van der Waals surface area contributed by atoms with Crippen LogP contribution in [0.5, 0.6) is 0 Å². The highest BCUT2D eigenvalue weighted by Crippen LogP contribution is 2.37. The molecule has 1 aromatic heterocycles. The summed E-state index contributed by atoms with van der Waals surface area (Å²) in [4.78, 5) is 37.8. The van der Waals surface area contributed by atoms with Crippen LogP contribution < -0.4 is 4.90 Å². The second-order valence-electron chi connectivity index (χ2n) is 10.2. The molecule has 0 radical (unpaired) electrons. The molecule has 204 valence electrons. The van der Waals surface area contributed by atoms with Crippen molar-refractivity contribution in [2.45, 2.75) is 25.1 Å². The van der Waals surface area contributed by atoms with Crippen molar-refractivity contribution < 1.29 is 22.8 Å². The van der Waals surface area contributed by atoms with Crippen molar-refractivity contribution in [1.82, 2.24) is 19.7 Å². The van der Waals surface area contributed by atoms with E-state index in [-0.39, 0.29) is 17.9 Å². The predicted molar refractivity (Wildman–Crippen MR) is 142 cm³/mol. The number of benzene rings is 2. The number of rotatable bonds is 4. The molecular weight excluding hydrogens is 527 g/mol. The van der Waals surface area contributed by atoms with Gasteiger partial charge in [-0.3, -0.25) is 14.5 Å². The Labute approximate surface area is 228 Å². The van der Waals surface area contributed by atoms with Crippen LogP contribution >= 0.6 is 11.3 Å². The second-order valence-corrected chi connectivity index (χ2v) is 11.1. The number of amides is 2. The van der Waals surface area contributed by atoms with Gasteiger partial charge in [0.05, 0.1) is 5.56 Å². The van der Waals surface area contributed by atoms with E-state index in [0.717, 1.165) is 43.2 Å². The summed E-state index contributed by atoms with van der Waals surface area (Å²) in [6.07, 6.45) is -1.18. The smallest absolute Gasteiger partial charge is 0.341 e. The number of thiazole rings is 1. The van der Waals surface area contributed by atoms with Gasteiger partial charge in [0, 0.05) is 80.4 Å². The van der Waals surface area contributed by atoms with Crippen molar-refractivity contribution in [3.05, 3.63) is 75.7 Å². The largest absolute Gasteiger partial charge is 0.416 e. The predicted octanol–water partition coefficient (Wildman–Crippen LogP) is 4.53. The molecule has 7 nitrogen and oxygen atoms in total. The van der Waals surface area contributed by atoms with Crippen LogP contribution in [0.2, 0.25) is 0 Å². The molecule has 0 saturated carbocycles. The number of aromatic nitrogens is 1. The summed E-state index contributed by atoms with van der Waals surface area (Å²) in [7, 11) is 0. The van der Waals surface area contributed by atoms with Gasteiger partial charge in [-0.2, -0.15) is 13.2 Å². The SMILES string of the molecule is O=C(c1ccc2c(c1)CCCN2c1cccc(C(F)(F)F)c1)N1CC(N2CCN(C(=O)c3nccs3)CC2)C1. The molecule has 2 fully saturated rings. The second kappa shape index (κ2) is 10.3. The first-order chi connectivity index (χ1) is 18.8. The van der Waals surface area contributed by atoms with Crippen LogP contribution in [0.25, 0.3) is 0 Å². The molecule has 0 N–H and O–H groups in total. The third-order valence-electron chi connectivity index (χ3n) is 7.81. The standard InChI is InChI=1S/C28H28F3N5O2S/c29-28(30,31)21-4-1-5-22(16-21)36-9-2-3-19-15-20(6-7-24(19)36)26(37)35-17-23(18-35)33-10-12-34(13-11-33)27(38)25-32-8-14-39-25/h1,4-8,14-16,23H,2-3,9-13,17-18H2. The maximum Gasteiger partial charge on any atom is 0.416 e. The summed E-state index contributed by atoms with van der Waals surface area (Å²) in [6, 6.07) is 11.2. The number of alkyl halides is 3. The van der Waals surface area contributed by atoms with E-state index in [1.807, 2.05) is 26.8 Å². The van der Waals surface area contributed by atoms with Crippen molar-refractivity contribution in [3.8, 4) is 0 Å². The van der Waals surface area contributed by atoms with Gasteiger partial charge in [0.2, 0.25) is 0 Å². The number of hydrogen-bond acceptors (Lipinski definition) is 6. The third-order valence-corrected chi connectivity index (χ3v) is 8.57. The average molecular weight is 556 g/mol. The Kier molecular flexibility index (Phi) is 6.80. The Balaban J connectivity index is 1.07. The lowest BCUT2D eigenvalue weighted by atomic mass is 9.96. The van der Waals surface area contributed by atoms with Gasteiger partial charge in [-0.05, 0) is 54.8 Å². The minimum Gasteiger partial charge on any atom is -0.341 e. The highest BCUT2D eigenvalue weighted by atomic mass is 32.1. The van der Waals surface area contributed by atoms with Gasteiger partial charge in [0.25, 0.3) is 11.8 Å². The molecule has 11 heteroatoms. The number of hydrogen-bond donors (Lipinski definition) is 0. The number of carbonyl (C=O) groups excluding carboxylic acids is 2. The quantitative estimate of drug-likeness (QED) is 0.474. The normalized spacial score (nSPS) is 18.6. The number of piperazine rings is 1. The van der Waals surface area contributed by atoms with Crippen LogP contribution in [-0.2, 0) is 12.6 Å². The Hall–Kier alpha value is -3.44. The fourth-order valence-corrected chi connectivity index (χ4v) is 6.24. The minimum atomic E-state index is -4.40. The Morgan fingerprint density at radius 3 is 2.44 bits per heavy atom. The van der Waals surface area contributed by atoms with Crippen molar-refractivity contribution in [1.29, 1.82) is 0 Å². The molecule has 3 aromatic rings. The summed E-state index contributed by atoms with van der Waals surface area (Å²) in [6.45, 7) is 4.76. The summed E-state index contributed by atoms with van der Waals surface area (Å²) in [5.74, 6) is -0.0445. The lowest BCUT2D eigenvalue weighted by Crippen LogP contribution is -2.64. The maximum absolute atomic E-state index is 13.3. The van der Waals surface area contributed by atoms with Gasteiger partial charge in [0.1, 0.15) is 0 Å². The van der Waals surface area contributed by atoms with Gasteiger partial charge >= 0.3 is 6.18 Å². The van der Waals surface area contributed by atoms with E-state index in [4.69, 9.17) is 0 Å². The molecule has 0 spiro atoms. The lowest BCUT2D eigenvalue weighted by molar-refractivity contribution is -0.137. The van der Waals surface area contributed by atoms with Gasteiger partial charge < -0.3 is 14.7 Å². The van der Waals surface area contributed by atoms with E-state index in [1.165, 1.54) is 23.5 Å². The Morgan fingerprint density at radius 2 is 1.72 bits per heavy atom. The van der Waals surface area contributed by atoms with Crippen LogP contribution in [-0.4, -0.2) is 83.4 Å². The summed E-state index contributed by atoms with van der Waals surface area (Å²) in [5.41, 5.74) is 2.27. The fraction of sp³-hybridized carbons (Fsp3) is 0.393. The number of fused-ring (bicyclic) bond motifs is 1. The monoisotopic (exact) mass is 555 g/mol. The molecule has 0 bridgehead atoms. The van der Waals surface area contributed by atoms with Crippen LogP contribution in [0.4, 0.5) is 24.5 Å². The first-order valence-corrected chi connectivity index (χ1v) is 14.0. The molecule has 6 rings (SSSR count). The van der Waals surface area contributed by atoms with Crippen LogP contribution in [0.3, 0.4) is 0 Å². The maximum atomic E-state index is 13.3. The van der Waals surface area contributed by atoms with E-state index in [2.05, 4.69) is 9.88 Å². The lowest BCUT2D eigenvalue weighted by Gasteiger charge is -2.48. The van der Waals surface area contributed by atoms with Crippen molar-refractivity contribution in [2.75, 3.05) is 50.7 Å². The van der Waals surface area contributed by atoms with E-state index in [9.17, 15) is 22.8 Å². The third kappa shape index (κ3) is 5.12. The van der Waals surface area contributed by atoms with Crippen LogP contribution in [0.1, 0.15) is 37.7 Å². The summed E-state index contributed by atoms with van der Waals surface area (Å²) < 4.78 is 39.8.